The van der Waals surface area contributed by atoms with Gasteiger partial charge in [0.2, 0.25) is 0 Å². The largest absolute Gasteiger partial charge is 0.375 e. The normalized spacial score (nSPS) is 40.6. The van der Waals surface area contributed by atoms with Crippen LogP contribution in [0.3, 0.4) is 0 Å². The van der Waals surface area contributed by atoms with E-state index in [4.69, 9.17) is 9.47 Å². The Morgan fingerprint density at radius 1 is 1.40 bits per heavy atom. The molecule has 1 spiro atoms. The van der Waals surface area contributed by atoms with Crippen molar-refractivity contribution in [3.05, 3.63) is 0 Å². The molecule has 88 valence electrons. The highest BCUT2D eigenvalue weighted by atomic mass is 16.5. The van der Waals surface area contributed by atoms with Crippen LogP contribution in [0.2, 0.25) is 0 Å². The van der Waals surface area contributed by atoms with Gasteiger partial charge in [-0.3, -0.25) is 0 Å². The fraction of sp³-hybridized carbons (Fsp3) is 1.00. The summed E-state index contributed by atoms with van der Waals surface area (Å²) in [5.41, 5.74) is -0.00373. The van der Waals surface area contributed by atoms with Gasteiger partial charge in [-0.15, -0.1) is 0 Å². The molecule has 3 nitrogen and oxygen atoms in total. The molecule has 0 bridgehead atoms. The maximum Gasteiger partial charge on any atom is 0.0859 e. The Hall–Kier alpha value is -0.120. The zero-order chi connectivity index (χ0) is 10.9. The molecule has 0 radical (unpaired) electrons. The van der Waals surface area contributed by atoms with E-state index in [9.17, 15) is 0 Å². The Balaban J connectivity index is 2.05. The summed E-state index contributed by atoms with van der Waals surface area (Å²) in [4.78, 5) is 0. The number of rotatable bonds is 1. The number of hydrogen-bond donors (Lipinski definition) is 1. The van der Waals surface area contributed by atoms with Gasteiger partial charge in [-0.25, -0.2) is 0 Å². The van der Waals surface area contributed by atoms with E-state index in [1.165, 1.54) is 0 Å². The van der Waals surface area contributed by atoms with Crippen molar-refractivity contribution < 1.29 is 9.47 Å². The first kappa shape index (κ1) is 11.4. The van der Waals surface area contributed by atoms with Gasteiger partial charge in [-0.1, -0.05) is 6.92 Å². The van der Waals surface area contributed by atoms with Gasteiger partial charge < -0.3 is 14.8 Å². The van der Waals surface area contributed by atoms with Crippen LogP contribution in [0.1, 0.15) is 40.0 Å². The molecule has 2 aliphatic rings. The van der Waals surface area contributed by atoms with Crippen molar-refractivity contribution in [2.75, 3.05) is 19.7 Å². The zero-order valence-electron chi connectivity index (χ0n) is 10.1. The Bertz CT molecular complexity index is 226. The Morgan fingerprint density at radius 2 is 2.20 bits per heavy atom. The zero-order valence-corrected chi connectivity index (χ0v) is 10.1. The minimum absolute atomic E-state index is 0.0284. The SMILES string of the molecule is CCC1CNCC2(CCOC(C)(C)C2)O1. The first-order valence-electron chi connectivity index (χ1n) is 6.08. The van der Waals surface area contributed by atoms with Gasteiger partial charge >= 0.3 is 0 Å². The lowest BCUT2D eigenvalue weighted by Gasteiger charge is -2.48. The van der Waals surface area contributed by atoms with E-state index in [0.717, 1.165) is 39.0 Å². The highest BCUT2D eigenvalue weighted by Crippen LogP contribution is 2.36. The first-order valence-corrected chi connectivity index (χ1v) is 6.08. The van der Waals surface area contributed by atoms with E-state index in [2.05, 4.69) is 26.1 Å². The number of ether oxygens (including phenoxy) is 2. The summed E-state index contributed by atoms with van der Waals surface area (Å²) < 4.78 is 12.0. The number of morpholine rings is 1. The molecule has 2 heterocycles. The topological polar surface area (TPSA) is 30.5 Å². The van der Waals surface area contributed by atoms with Crippen LogP contribution in [0.4, 0.5) is 0 Å². The molecule has 2 unspecified atom stereocenters. The second-order valence-corrected chi connectivity index (χ2v) is 5.50. The van der Waals surface area contributed by atoms with Crippen molar-refractivity contribution in [1.82, 2.24) is 5.32 Å². The fourth-order valence-electron chi connectivity index (χ4n) is 2.81. The minimum atomic E-state index is -0.0322. The molecule has 0 saturated carbocycles. The van der Waals surface area contributed by atoms with Gasteiger partial charge in [0.25, 0.3) is 0 Å². The molecule has 0 aliphatic carbocycles. The van der Waals surface area contributed by atoms with Gasteiger partial charge in [0.1, 0.15) is 0 Å². The highest BCUT2D eigenvalue weighted by molar-refractivity contribution is 4.96. The van der Waals surface area contributed by atoms with E-state index in [-0.39, 0.29) is 11.2 Å². The summed E-state index contributed by atoms with van der Waals surface area (Å²) in [6.07, 6.45) is 3.51. The fourth-order valence-corrected chi connectivity index (χ4v) is 2.81. The number of nitrogens with one attached hydrogen (secondary N) is 1. The van der Waals surface area contributed by atoms with Crippen molar-refractivity contribution in [2.45, 2.75) is 57.3 Å². The standard InChI is InChI=1S/C12H23NO2/c1-4-10-7-13-9-12(15-10)5-6-14-11(2,3)8-12/h10,13H,4-9H2,1-3H3. The molecular weight excluding hydrogens is 190 g/mol. The second kappa shape index (κ2) is 4.04. The summed E-state index contributed by atoms with van der Waals surface area (Å²) >= 11 is 0. The highest BCUT2D eigenvalue weighted by Gasteiger charge is 2.44. The van der Waals surface area contributed by atoms with Crippen LogP contribution in [0.15, 0.2) is 0 Å². The molecule has 1 N–H and O–H groups in total. The Labute approximate surface area is 92.5 Å². The van der Waals surface area contributed by atoms with Crippen LogP contribution in [-0.2, 0) is 9.47 Å². The summed E-state index contributed by atoms with van der Waals surface area (Å²) in [6, 6.07) is 0. The summed E-state index contributed by atoms with van der Waals surface area (Å²) in [5.74, 6) is 0. The van der Waals surface area contributed by atoms with Crippen LogP contribution >= 0.6 is 0 Å². The molecule has 15 heavy (non-hydrogen) atoms. The van der Waals surface area contributed by atoms with Gasteiger partial charge in [0.05, 0.1) is 23.9 Å². The third-order valence-corrected chi connectivity index (χ3v) is 3.49. The van der Waals surface area contributed by atoms with Gasteiger partial charge in [-0.2, -0.15) is 0 Å². The van der Waals surface area contributed by atoms with E-state index in [1.54, 1.807) is 0 Å². The van der Waals surface area contributed by atoms with Crippen LogP contribution < -0.4 is 5.32 Å². The first-order chi connectivity index (χ1) is 7.05. The molecule has 0 aromatic carbocycles. The lowest BCUT2D eigenvalue weighted by molar-refractivity contribution is -0.200. The predicted molar refractivity (Wildman–Crippen MR) is 60.0 cm³/mol. The molecule has 3 heteroatoms. The molecule has 0 aromatic rings. The van der Waals surface area contributed by atoms with Crippen molar-refractivity contribution in [3.8, 4) is 0 Å². The predicted octanol–water partition coefficient (Wildman–Crippen LogP) is 1.71. The van der Waals surface area contributed by atoms with Crippen LogP contribution in [-0.4, -0.2) is 37.0 Å². The smallest absolute Gasteiger partial charge is 0.0859 e. The third-order valence-electron chi connectivity index (χ3n) is 3.49. The quantitative estimate of drug-likeness (QED) is 0.719. The third kappa shape index (κ3) is 2.52. The molecule has 2 atom stereocenters. The molecular formula is C12H23NO2. The maximum absolute atomic E-state index is 6.26. The Kier molecular flexibility index (Phi) is 3.06. The lowest BCUT2D eigenvalue weighted by atomic mass is 9.83. The van der Waals surface area contributed by atoms with Crippen LogP contribution in [0, 0.1) is 0 Å². The van der Waals surface area contributed by atoms with Crippen LogP contribution in [0.5, 0.6) is 0 Å². The summed E-state index contributed by atoms with van der Waals surface area (Å²) in [6.45, 7) is 9.32. The van der Waals surface area contributed by atoms with Crippen LogP contribution in [0.25, 0.3) is 0 Å². The van der Waals surface area contributed by atoms with E-state index in [1.807, 2.05) is 0 Å². The maximum atomic E-state index is 6.26. The van der Waals surface area contributed by atoms with E-state index < -0.39 is 0 Å². The average molecular weight is 213 g/mol. The average Bonchev–Trinajstić information content (AvgIpc) is 2.15. The molecule has 2 saturated heterocycles. The van der Waals surface area contributed by atoms with E-state index >= 15 is 0 Å². The van der Waals surface area contributed by atoms with Crippen molar-refractivity contribution in [3.63, 3.8) is 0 Å². The Morgan fingerprint density at radius 3 is 2.87 bits per heavy atom. The van der Waals surface area contributed by atoms with Crippen molar-refractivity contribution >= 4 is 0 Å². The van der Waals surface area contributed by atoms with Gasteiger partial charge in [0, 0.05) is 25.9 Å². The minimum Gasteiger partial charge on any atom is -0.375 e. The lowest BCUT2D eigenvalue weighted by Crippen LogP contribution is -2.59. The summed E-state index contributed by atoms with van der Waals surface area (Å²) in [7, 11) is 0. The summed E-state index contributed by atoms with van der Waals surface area (Å²) in [5, 5.41) is 3.50. The van der Waals surface area contributed by atoms with Crippen molar-refractivity contribution in [1.29, 1.82) is 0 Å². The molecule has 0 aromatic heterocycles. The molecule has 2 aliphatic heterocycles. The second-order valence-electron chi connectivity index (χ2n) is 5.50. The molecule has 2 rings (SSSR count). The molecule has 2 fully saturated rings. The molecule has 0 amide bonds. The van der Waals surface area contributed by atoms with E-state index in [0.29, 0.717) is 6.10 Å². The monoisotopic (exact) mass is 213 g/mol. The van der Waals surface area contributed by atoms with Gasteiger partial charge in [-0.05, 0) is 20.3 Å². The van der Waals surface area contributed by atoms with Gasteiger partial charge in [0.15, 0.2) is 0 Å². The van der Waals surface area contributed by atoms with Crippen molar-refractivity contribution in [2.24, 2.45) is 0 Å². The number of hydrogen-bond acceptors (Lipinski definition) is 3.